The van der Waals surface area contributed by atoms with E-state index in [9.17, 15) is 4.79 Å². The molecule has 0 saturated heterocycles. The maximum absolute atomic E-state index is 11.0. The number of carboxylic acid groups (broad SMARTS) is 1. The average Bonchev–Trinajstić information content (AvgIpc) is 2.76. The summed E-state index contributed by atoms with van der Waals surface area (Å²) in [5.74, 6) is -0.370. The molecule has 0 saturated carbocycles. The Morgan fingerprint density at radius 1 is 1.47 bits per heavy atom. The lowest BCUT2D eigenvalue weighted by atomic mass is 10.0. The Bertz CT molecular complexity index is 601. The first-order chi connectivity index (χ1) is 9.08. The van der Waals surface area contributed by atoms with Crippen molar-refractivity contribution in [3.63, 3.8) is 0 Å². The number of carbonyl (C=O) groups is 1. The molecule has 1 unspecified atom stereocenters. The SMILES string of the molecule is CCn1cc(CC(C)C(=O)O)c2c(OC)cccc21. The highest BCUT2D eigenvalue weighted by atomic mass is 16.5. The summed E-state index contributed by atoms with van der Waals surface area (Å²) in [4.78, 5) is 11.0. The molecular formula is C15H19NO3. The fourth-order valence-electron chi connectivity index (χ4n) is 2.41. The zero-order valence-corrected chi connectivity index (χ0v) is 11.5. The second-order valence-corrected chi connectivity index (χ2v) is 4.74. The molecule has 0 spiro atoms. The van der Waals surface area contributed by atoms with Crippen molar-refractivity contribution in [2.45, 2.75) is 26.8 Å². The molecule has 19 heavy (non-hydrogen) atoms. The molecule has 0 radical (unpaired) electrons. The highest BCUT2D eigenvalue weighted by molar-refractivity contribution is 5.90. The Labute approximate surface area is 112 Å². The number of hydrogen-bond donors (Lipinski definition) is 1. The molecule has 0 bridgehead atoms. The first-order valence-corrected chi connectivity index (χ1v) is 6.46. The maximum Gasteiger partial charge on any atom is 0.306 e. The lowest BCUT2D eigenvalue weighted by molar-refractivity contribution is -0.141. The minimum absolute atomic E-state index is 0.402. The Balaban J connectivity index is 2.56. The monoisotopic (exact) mass is 261 g/mol. The van der Waals surface area contributed by atoms with Crippen molar-refractivity contribution in [1.82, 2.24) is 4.57 Å². The fourth-order valence-corrected chi connectivity index (χ4v) is 2.41. The zero-order valence-electron chi connectivity index (χ0n) is 11.5. The van der Waals surface area contributed by atoms with Crippen LogP contribution in [-0.2, 0) is 17.8 Å². The van der Waals surface area contributed by atoms with Crippen LogP contribution in [0.15, 0.2) is 24.4 Å². The van der Waals surface area contributed by atoms with Gasteiger partial charge < -0.3 is 14.4 Å². The molecule has 0 amide bonds. The predicted octanol–water partition coefficient (Wildman–Crippen LogP) is 2.93. The number of aromatic nitrogens is 1. The molecule has 2 rings (SSSR count). The maximum atomic E-state index is 11.0. The van der Waals surface area contributed by atoms with Gasteiger partial charge in [-0.05, 0) is 31.0 Å². The number of hydrogen-bond acceptors (Lipinski definition) is 2. The first-order valence-electron chi connectivity index (χ1n) is 6.46. The Kier molecular flexibility index (Phi) is 3.79. The number of aryl methyl sites for hydroxylation is 1. The van der Waals surface area contributed by atoms with Crippen LogP contribution in [0.25, 0.3) is 10.9 Å². The third-order valence-corrected chi connectivity index (χ3v) is 3.45. The summed E-state index contributed by atoms with van der Waals surface area (Å²) in [5.41, 5.74) is 2.12. The standard InChI is InChI=1S/C15H19NO3/c1-4-16-9-11(8-10(2)15(17)18)14-12(16)6-5-7-13(14)19-3/h5-7,9-10H,4,8H2,1-3H3,(H,17,18). The van der Waals surface area contributed by atoms with Gasteiger partial charge in [0, 0.05) is 18.1 Å². The summed E-state index contributed by atoms with van der Waals surface area (Å²) in [7, 11) is 1.64. The first kappa shape index (κ1) is 13.5. The summed E-state index contributed by atoms with van der Waals surface area (Å²) in [6, 6.07) is 5.91. The van der Waals surface area contributed by atoms with Gasteiger partial charge in [-0.3, -0.25) is 4.79 Å². The molecule has 0 aliphatic rings. The van der Waals surface area contributed by atoms with Crippen molar-refractivity contribution in [2.75, 3.05) is 7.11 Å². The van der Waals surface area contributed by atoms with E-state index in [1.807, 2.05) is 24.4 Å². The Morgan fingerprint density at radius 2 is 2.21 bits per heavy atom. The van der Waals surface area contributed by atoms with E-state index >= 15 is 0 Å². The molecule has 1 heterocycles. The van der Waals surface area contributed by atoms with Gasteiger partial charge in [0.15, 0.2) is 0 Å². The molecule has 1 N–H and O–H groups in total. The number of methoxy groups -OCH3 is 1. The van der Waals surface area contributed by atoms with Gasteiger partial charge >= 0.3 is 5.97 Å². The van der Waals surface area contributed by atoms with E-state index in [1.165, 1.54) is 0 Å². The summed E-state index contributed by atoms with van der Waals surface area (Å²) < 4.78 is 7.53. The number of rotatable bonds is 5. The normalized spacial score (nSPS) is 12.6. The number of carboxylic acids is 1. The Morgan fingerprint density at radius 3 is 2.79 bits per heavy atom. The Hall–Kier alpha value is -1.97. The van der Waals surface area contributed by atoms with Crippen molar-refractivity contribution in [3.05, 3.63) is 30.0 Å². The predicted molar refractivity (Wildman–Crippen MR) is 74.7 cm³/mol. The van der Waals surface area contributed by atoms with Crippen molar-refractivity contribution in [2.24, 2.45) is 5.92 Å². The van der Waals surface area contributed by atoms with E-state index in [2.05, 4.69) is 11.5 Å². The molecule has 0 aliphatic heterocycles. The van der Waals surface area contributed by atoms with Gasteiger partial charge in [0.25, 0.3) is 0 Å². The average molecular weight is 261 g/mol. The van der Waals surface area contributed by atoms with Crippen LogP contribution in [0.4, 0.5) is 0 Å². The molecule has 4 heteroatoms. The summed E-state index contributed by atoms with van der Waals surface area (Å²) >= 11 is 0. The molecule has 102 valence electrons. The van der Waals surface area contributed by atoms with Gasteiger partial charge in [0.1, 0.15) is 5.75 Å². The largest absolute Gasteiger partial charge is 0.496 e. The van der Waals surface area contributed by atoms with Crippen molar-refractivity contribution < 1.29 is 14.6 Å². The van der Waals surface area contributed by atoms with E-state index in [0.717, 1.165) is 28.8 Å². The van der Waals surface area contributed by atoms with Crippen molar-refractivity contribution in [3.8, 4) is 5.75 Å². The van der Waals surface area contributed by atoms with Gasteiger partial charge in [-0.2, -0.15) is 0 Å². The van der Waals surface area contributed by atoms with E-state index in [1.54, 1.807) is 14.0 Å². The van der Waals surface area contributed by atoms with Crippen molar-refractivity contribution in [1.29, 1.82) is 0 Å². The minimum Gasteiger partial charge on any atom is -0.496 e. The number of nitrogens with zero attached hydrogens (tertiary/aromatic N) is 1. The van der Waals surface area contributed by atoms with Gasteiger partial charge in [-0.15, -0.1) is 0 Å². The van der Waals surface area contributed by atoms with Crippen LogP contribution in [0, 0.1) is 5.92 Å². The highest BCUT2D eigenvalue weighted by Crippen LogP contribution is 2.32. The topological polar surface area (TPSA) is 51.5 Å². The van der Waals surface area contributed by atoms with Crippen LogP contribution in [-0.4, -0.2) is 22.8 Å². The second-order valence-electron chi connectivity index (χ2n) is 4.74. The molecule has 2 aromatic rings. The quantitative estimate of drug-likeness (QED) is 0.900. The number of fused-ring (bicyclic) bond motifs is 1. The van der Waals surface area contributed by atoms with Gasteiger partial charge in [-0.1, -0.05) is 13.0 Å². The molecular weight excluding hydrogens is 242 g/mol. The second kappa shape index (κ2) is 5.34. The van der Waals surface area contributed by atoms with E-state index < -0.39 is 11.9 Å². The molecule has 0 fully saturated rings. The van der Waals surface area contributed by atoms with Crippen LogP contribution < -0.4 is 4.74 Å². The van der Waals surface area contributed by atoms with E-state index in [4.69, 9.17) is 9.84 Å². The fraction of sp³-hybridized carbons (Fsp3) is 0.400. The van der Waals surface area contributed by atoms with Gasteiger partial charge in [0.2, 0.25) is 0 Å². The zero-order chi connectivity index (χ0) is 14.0. The molecule has 1 aromatic carbocycles. The van der Waals surface area contributed by atoms with Gasteiger partial charge in [0.05, 0.1) is 18.5 Å². The summed E-state index contributed by atoms with van der Waals surface area (Å²) in [6.45, 7) is 4.65. The minimum atomic E-state index is -0.771. The van der Waals surface area contributed by atoms with Crippen LogP contribution in [0.1, 0.15) is 19.4 Å². The number of ether oxygens (including phenoxy) is 1. The third-order valence-electron chi connectivity index (χ3n) is 3.45. The number of benzene rings is 1. The lowest BCUT2D eigenvalue weighted by Crippen LogP contribution is -2.12. The molecule has 0 aliphatic carbocycles. The molecule has 4 nitrogen and oxygen atoms in total. The van der Waals surface area contributed by atoms with Crippen LogP contribution >= 0.6 is 0 Å². The summed E-state index contributed by atoms with van der Waals surface area (Å²) in [6.07, 6.45) is 2.55. The summed E-state index contributed by atoms with van der Waals surface area (Å²) in [5, 5.41) is 10.1. The molecule has 1 aromatic heterocycles. The smallest absolute Gasteiger partial charge is 0.306 e. The molecule has 1 atom stereocenters. The van der Waals surface area contributed by atoms with Crippen molar-refractivity contribution >= 4 is 16.9 Å². The number of aliphatic carboxylic acids is 1. The van der Waals surface area contributed by atoms with Crippen LogP contribution in [0.2, 0.25) is 0 Å². The van der Waals surface area contributed by atoms with E-state index in [0.29, 0.717) is 6.42 Å². The van der Waals surface area contributed by atoms with Gasteiger partial charge in [-0.25, -0.2) is 0 Å². The lowest BCUT2D eigenvalue weighted by Gasteiger charge is -2.07. The van der Waals surface area contributed by atoms with E-state index in [-0.39, 0.29) is 0 Å². The van der Waals surface area contributed by atoms with Crippen LogP contribution in [0.5, 0.6) is 5.75 Å². The highest BCUT2D eigenvalue weighted by Gasteiger charge is 2.18. The van der Waals surface area contributed by atoms with Crippen LogP contribution in [0.3, 0.4) is 0 Å². The third kappa shape index (κ3) is 2.43.